The summed E-state index contributed by atoms with van der Waals surface area (Å²) < 4.78 is 1.81. The summed E-state index contributed by atoms with van der Waals surface area (Å²) in [5.74, 6) is -0.138. The highest BCUT2D eigenvalue weighted by Crippen LogP contribution is 2.35. The van der Waals surface area contributed by atoms with Gasteiger partial charge in [0.15, 0.2) is 0 Å². The highest BCUT2D eigenvalue weighted by atomic mass is 16.4. The first-order chi connectivity index (χ1) is 7.66. The van der Waals surface area contributed by atoms with Gasteiger partial charge in [-0.05, 0) is 24.3 Å². The normalized spacial score (nSPS) is 16.8. The molecule has 0 atom stereocenters. The number of aliphatic carboxylic acids is 1. The van der Waals surface area contributed by atoms with Gasteiger partial charge in [0.1, 0.15) is 0 Å². The highest BCUT2D eigenvalue weighted by Gasteiger charge is 2.22. The highest BCUT2D eigenvalue weighted by molar-refractivity contribution is 5.67. The third-order valence-corrected chi connectivity index (χ3v) is 3.31. The maximum Gasteiger partial charge on any atom is 0.303 e. The summed E-state index contributed by atoms with van der Waals surface area (Å²) in [6.45, 7) is 0. The van der Waals surface area contributed by atoms with Crippen LogP contribution in [0.1, 0.15) is 49.3 Å². The maximum atomic E-state index is 10.6. The van der Waals surface area contributed by atoms with Crippen molar-refractivity contribution in [3.05, 3.63) is 17.5 Å². The minimum atomic E-state index is -0.747. The van der Waals surface area contributed by atoms with Crippen molar-refractivity contribution in [2.24, 2.45) is 7.05 Å². The molecule has 1 heterocycles. The second-order valence-corrected chi connectivity index (χ2v) is 4.58. The Morgan fingerprint density at radius 2 is 2.25 bits per heavy atom. The molecule has 4 heteroatoms. The molecule has 1 N–H and O–H groups in total. The van der Waals surface area contributed by atoms with E-state index in [9.17, 15) is 4.79 Å². The van der Waals surface area contributed by atoms with Crippen LogP contribution in [-0.4, -0.2) is 20.9 Å². The molecular formula is C12H18N2O2. The van der Waals surface area contributed by atoms with Gasteiger partial charge in [-0.2, -0.15) is 5.10 Å². The van der Waals surface area contributed by atoms with E-state index >= 15 is 0 Å². The van der Waals surface area contributed by atoms with Gasteiger partial charge in [0.2, 0.25) is 0 Å². The zero-order valence-electron chi connectivity index (χ0n) is 9.65. The summed E-state index contributed by atoms with van der Waals surface area (Å²) in [6.07, 6.45) is 7.83. The summed E-state index contributed by atoms with van der Waals surface area (Å²) in [5.41, 5.74) is 2.26. The van der Waals surface area contributed by atoms with E-state index in [1.165, 1.54) is 31.2 Å². The molecule has 0 bridgehead atoms. The van der Waals surface area contributed by atoms with E-state index < -0.39 is 5.97 Å². The maximum absolute atomic E-state index is 10.6. The molecule has 2 rings (SSSR count). The van der Waals surface area contributed by atoms with Gasteiger partial charge in [-0.1, -0.05) is 12.8 Å². The van der Waals surface area contributed by atoms with Crippen molar-refractivity contribution >= 4 is 5.97 Å². The molecule has 1 aliphatic carbocycles. The van der Waals surface area contributed by atoms with Gasteiger partial charge in [0.25, 0.3) is 0 Å². The quantitative estimate of drug-likeness (QED) is 0.848. The molecule has 0 unspecified atom stereocenters. The lowest BCUT2D eigenvalue weighted by molar-refractivity contribution is -0.136. The van der Waals surface area contributed by atoms with Crippen LogP contribution < -0.4 is 0 Å². The third-order valence-electron chi connectivity index (χ3n) is 3.31. The molecule has 1 aromatic rings. The van der Waals surface area contributed by atoms with E-state index in [0.717, 1.165) is 5.69 Å². The summed E-state index contributed by atoms with van der Waals surface area (Å²) >= 11 is 0. The van der Waals surface area contributed by atoms with Crippen molar-refractivity contribution in [1.29, 1.82) is 0 Å². The van der Waals surface area contributed by atoms with Gasteiger partial charge < -0.3 is 5.11 Å². The van der Waals surface area contributed by atoms with Crippen LogP contribution in [0.25, 0.3) is 0 Å². The van der Waals surface area contributed by atoms with E-state index in [0.29, 0.717) is 12.3 Å². The Bertz CT molecular complexity index is 378. The van der Waals surface area contributed by atoms with Gasteiger partial charge >= 0.3 is 5.97 Å². The van der Waals surface area contributed by atoms with E-state index in [1.807, 2.05) is 11.7 Å². The Hall–Kier alpha value is -1.32. The molecule has 4 nitrogen and oxygen atoms in total. The fraction of sp³-hybridized carbons (Fsp3) is 0.667. The fourth-order valence-electron chi connectivity index (χ4n) is 2.55. The standard InChI is InChI=1S/C12H18N2O2/c1-14-8-10(9-4-2-3-5-9)11(13-14)6-7-12(15)16/h8-9H,2-7H2,1H3,(H,15,16). The molecule has 0 aliphatic heterocycles. The first-order valence-corrected chi connectivity index (χ1v) is 5.91. The van der Waals surface area contributed by atoms with E-state index in [4.69, 9.17) is 5.11 Å². The van der Waals surface area contributed by atoms with Gasteiger partial charge in [0.05, 0.1) is 12.1 Å². The molecule has 1 aliphatic rings. The minimum absolute atomic E-state index is 0.177. The molecular weight excluding hydrogens is 204 g/mol. The summed E-state index contributed by atoms with van der Waals surface area (Å²) in [7, 11) is 1.91. The van der Waals surface area contributed by atoms with E-state index in [1.54, 1.807) is 0 Å². The predicted molar refractivity (Wildman–Crippen MR) is 60.4 cm³/mol. The number of nitrogens with zero attached hydrogens (tertiary/aromatic N) is 2. The molecule has 0 radical (unpaired) electrons. The van der Waals surface area contributed by atoms with Gasteiger partial charge in [-0.25, -0.2) is 0 Å². The van der Waals surface area contributed by atoms with Crippen LogP contribution in [0.5, 0.6) is 0 Å². The van der Waals surface area contributed by atoms with Crippen molar-refractivity contribution in [3.63, 3.8) is 0 Å². The molecule has 1 saturated carbocycles. The van der Waals surface area contributed by atoms with Gasteiger partial charge in [-0.3, -0.25) is 9.48 Å². The number of hydrogen-bond acceptors (Lipinski definition) is 2. The molecule has 16 heavy (non-hydrogen) atoms. The van der Waals surface area contributed by atoms with Crippen LogP contribution >= 0.6 is 0 Å². The molecule has 0 aromatic carbocycles. The lowest BCUT2D eigenvalue weighted by atomic mass is 9.96. The summed E-state index contributed by atoms with van der Waals surface area (Å²) in [5, 5.41) is 13.1. The molecule has 0 saturated heterocycles. The topological polar surface area (TPSA) is 55.1 Å². The minimum Gasteiger partial charge on any atom is -0.481 e. The SMILES string of the molecule is Cn1cc(C2CCCC2)c(CCC(=O)O)n1. The zero-order chi connectivity index (χ0) is 11.5. The Balaban J connectivity index is 2.12. The fourth-order valence-corrected chi connectivity index (χ4v) is 2.55. The lowest BCUT2D eigenvalue weighted by Crippen LogP contribution is -2.02. The van der Waals surface area contributed by atoms with E-state index in [-0.39, 0.29) is 6.42 Å². The molecule has 88 valence electrons. The Kier molecular flexibility index (Phi) is 3.27. The Labute approximate surface area is 95.3 Å². The molecule has 1 fully saturated rings. The van der Waals surface area contributed by atoms with Crippen LogP contribution in [0.2, 0.25) is 0 Å². The van der Waals surface area contributed by atoms with E-state index in [2.05, 4.69) is 11.3 Å². The Morgan fingerprint density at radius 3 is 2.88 bits per heavy atom. The van der Waals surface area contributed by atoms with Crippen LogP contribution in [0, 0.1) is 0 Å². The monoisotopic (exact) mass is 222 g/mol. The van der Waals surface area contributed by atoms with Crippen LogP contribution in [-0.2, 0) is 18.3 Å². The van der Waals surface area contributed by atoms with Crippen molar-refractivity contribution in [3.8, 4) is 0 Å². The van der Waals surface area contributed by atoms with Crippen LogP contribution in [0.4, 0.5) is 0 Å². The molecule has 0 amide bonds. The number of aryl methyl sites for hydroxylation is 2. The number of aromatic nitrogens is 2. The lowest BCUT2D eigenvalue weighted by Gasteiger charge is -2.07. The second kappa shape index (κ2) is 4.68. The summed E-state index contributed by atoms with van der Waals surface area (Å²) in [4.78, 5) is 10.6. The number of carboxylic acids is 1. The van der Waals surface area contributed by atoms with Crippen LogP contribution in [0.15, 0.2) is 6.20 Å². The second-order valence-electron chi connectivity index (χ2n) is 4.58. The molecule has 1 aromatic heterocycles. The summed E-state index contributed by atoms with van der Waals surface area (Å²) in [6, 6.07) is 0. The third kappa shape index (κ3) is 2.43. The molecule has 0 spiro atoms. The smallest absolute Gasteiger partial charge is 0.303 e. The average Bonchev–Trinajstić information content (AvgIpc) is 2.82. The van der Waals surface area contributed by atoms with Crippen molar-refractivity contribution in [1.82, 2.24) is 9.78 Å². The predicted octanol–water partition coefficient (Wildman–Crippen LogP) is 2.09. The average molecular weight is 222 g/mol. The largest absolute Gasteiger partial charge is 0.481 e. The zero-order valence-corrected chi connectivity index (χ0v) is 9.65. The number of hydrogen-bond donors (Lipinski definition) is 1. The Morgan fingerprint density at radius 1 is 1.56 bits per heavy atom. The van der Waals surface area contributed by atoms with Gasteiger partial charge in [0, 0.05) is 19.7 Å². The van der Waals surface area contributed by atoms with Crippen molar-refractivity contribution in [2.75, 3.05) is 0 Å². The van der Waals surface area contributed by atoms with Crippen LogP contribution in [0.3, 0.4) is 0 Å². The number of carbonyl (C=O) groups is 1. The van der Waals surface area contributed by atoms with Crippen molar-refractivity contribution in [2.45, 2.75) is 44.4 Å². The van der Waals surface area contributed by atoms with Gasteiger partial charge in [-0.15, -0.1) is 0 Å². The number of carboxylic acid groups (broad SMARTS) is 1. The first kappa shape index (κ1) is 11.2. The first-order valence-electron chi connectivity index (χ1n) is 5.91. The van der Waals surface area contributed by atoms with Crippen molar-refractivity contribution < 1.29 is 9.90 Å². The number of rotatable bonds is 4.